The summed E-state index contributed by atoms with van der Waals surface area (Å²) in [5.74, 6) is 0.360. The van der Waals surface area contributed by atoms with Crippen molar-refractivity contribution in [2.24, 2.45) is 5.92 Å². The van der Waals surface area contributed by atoms with E-state index < -0.39 is 5.97 Å². The van der Waals surface area contributed by atoms with E-state index in [0.717, 1.165) is 12.3 Å². The third kappa shape index (κ3) is 6.14. The van der Waals surface area contributed by atoms with E-state index in [1.807, 2.05) is 0 Å². The Balaban J connectivity index is 1.98. The molecule has 0 spiro atoms. The molecule has 0 bridgehead atoms. The summed E-state index contributed by atoms with van der Waals surface area (Å²) < 4.78 is 4.70. The topological polar surface area (TPSA) is 67.4 Å². The Kier molecular flexibility index (Phi) is 6.43. The van der Waals surface area contributed by atoms with Crippen molar-refractivity contribution in [2.45, 2.75) is 39.0 Å². The molecule has 0 heterocycles. The number of carbonyl (C=O) groups excluding carboxylic acids is 2. The van der Waals surface area contributed by atoms with Gasteiger partial charge in [0.1, 0.15) is 6.54 Å². The molecular weight excluding hydrogens is 220 g/mol. The molecule has 0 radical (unpaired) electrons. The third-order valence-corrected chi connectivity index (χ3v) is 3.01. The lowest BCUT2D eigenvalue weighted by molar-refractivity contribution is -0.141. The first kappa shape index (κ1) is 13.8. The fourth-order valence-corrected chi connectivity index (χ4v) is 2.12. The summed E-state index contributed by atoms with van der Waals surface area (Å²) in [5.41, 5.74) is 0. The number of amides is 2. The fraction of sp³-hybridized carbons (Fsp3) is 0.833. The van der Waals surface area contributed by atoms with Gasteiger partial charge in [0.2, 0.25) is 0 Å². The van der Waals surface area contributed by atoms with E-state index in [9.17, 15) is 9.59 Å². The van der Waals surface area contributed by atoms with Gasteiger partial charge < -0.3 is 15.4 Å². The van der Waals surface area contributed by atoms with Gasteiger partial charge in [0.05, 0.1) is 6.61 Å². The number of esters is 1. The highest BCUT2D eigenvalue weighted by Gasteiger charge is 2.14. The minimum atomic E-state index is -0.404. The summed E-state index contributed by atoms with van der Waals surface area (Å²) in [6.45, 7) is 2.69. The SMILES string of the molecule is CCOC(=O)CNC(=O)NCCC1CCCC1. The average molecular weight is 242 g/mol. The molecule has 1 fully saturated rings. The Morgan fingerprint density at radius 3 is 2.59 bits per heavy atom. The van der Waals surface area contributed by atoms with Crippen molar-refractivity contribution in [3.05, 3.63) is 0 Å². The van der Waals surface area contributed by atoms with Crippen LogP contribution >= 0.6 is 0 Å². The summed E-state index contributed by atoms with van der Waals surface area (Å²) in [6, 6.07) is -0.295. The predicted octanol–water partition coefficient (Wildman–Crippen LogP) is 1.43. The predicted molar refractivity (Wildman–Crippen MR) is 64.6 cm³/mol. The second-order valence-corrected chi connectivity index (χ2v) is 4.35. The first-order valence-electron chi connectivity index (χ1n) is 6.39. The molecule has 0 aromatic heterocycles. The number of hydrogen-bond donors (Lipinski definition) is 2. The van der Waals surface area contributed by atoms with Crippen LogP contribution in [0.5, 0.6) is 0 Å². The highest BCUT2D eigenvalue weighted by Crippen LogP contribution is 2.26. The Hall–Kier alpha value is -1.26. The van der Waals surface area contributed by atoms with Crippen LogP contribution in [0, 0.1) is 5.92 Å². The van der Waals surface area contributed by atoms with Crippen LogP contribution in [0.25, 0.3) is 0 Å². The number of rotatable bonds is 6. The van der Waals surface area contributed by atoms with Gasteiger partial charge in [-0.3, -0.25) is 4.79 Å². The lowest BCUT2D eigenvalue weighted by Crippen LogP contribution is -2.39. The van der Waals surface area contributed by atoms with E-state index in [-0.39, 0.29) is 12.6 Å². The smallest absolute Gasteiger partial charge is 0.325 e. The molecule has 0 aromatic rings. The molecular formula is C12H22N2O3. The van der Waals surface area contributed by atoms with Gasteiger partial charge in [-0.05, 0) is 19.3 Å². The second-order valence-electron chi connectivity index (χ2n) is 4.35. The summed E-state index contributed by atoms with van der Waals surface area (Å²) in [4.78, 5) is 22.3. The molecule has 0 aliphatic heterocycles. The molecule has 2 N–H and O–H groups in total. The highest BCUT2D eigenvalue weighted by molar-refractivity contribution is 5.80. The molecule has 0 atom stereocenters. The average Bonchev–Trinajstić information content (AvgIpc) is 2.80. The lowest BCUT2D eigenvalue weighted by Gasteiger charge is -2.10. The van der Waals surface area contributed by atoms with E-state index >= 15 is 0 Å². The summed E-state index contributed by atoms with van der Waals surface area (Å²) >= 11 is 0. The first-order valence-corrected chi connectivity index (χ1v) is 6.39. The van der Waals surface area contributed by atoms with E-state index in [4.69, 9.17) is 4.74 Å². The third-order valence-electron chi connectivity index (χ3n) is 3.01. The lowest BCUT2D eigenvalue weighted by atomic mass is 10.0. The van der Waals surface area contributed by atoms with E-state index in [1.165, 1.54) is 25.7 Å². The monoisotopic (exact) mass is 242 g/mol. The van der Waals surface area contributed by atoms with E-state index in [2.05, 4.69) is 10.6 Å². The Labute approximate surface area is 102 Å². The molecule has 0 unspecified atom stereocenters. The minimum Gasteiger partial charge on any atom is -0.465 e. The fourth-order valence-electron chi connectivity index (χ4n) is 2.12. The zero-order chi connectivity index (χ0) is 12.5. The molecule has 17 heavy (non-hydrogen) atoms. The molecule has 1 rings (SSSR count). The number of hydrogen-bond acceptors (Lipinski definition) is 3. The molecule has 1 aliphatic carbocycles. The summed E-state index contributed by atoms with van der Waals surface area (Å²) in [5, 5.41) is 5.22. The van der Waals surface area contributed by atoms with Crippen molar-refractivity contribution < 1.29 is 14.3 Å². The van der Waals surface area contributed by atoms with Gasteiger partial charge in [0.15, 0.2) is 0 Å². The van der Waals surface area contributed by atoms with Gasteiger partial charge in [0, 0.05) is 6.54 Å². The number of carbonyl (C=O) groups is 2. The zero-order valence-electron chi connectivity index (χ0n) is 10.5. The molecule has 5 nitrogen and oxygen atoms in total. The normalized spacial score (nSPS) is 15.6. The number of ether oxygens (including phenoxy) is 1. The van der Waals surface area contributed by atoms with Crippen LogP contribution in [0.2, 0.25) is 0 Å². The van der Waals surface area contributed by atoms with E-state index in [1.54, 1.807) is 6.92 Å². The van der Waals surface area contributed by atoms with Gasteiger partial charge in [-0.25, -0.2) is 4.79 Å². The zero-order valence-corrected chi connectivity index (χ0v) is 10.5. The van der Waals surface area contributed by atoms with Gasteiger partial charge >= 0.3 is 12.0 Å². The number of urea groups is 1. The second kappa shape index (κ2) is 7.92. The molecule has 2 amide bonds. The van der Waals surface area contributed by atoms with Crippen LogP contribution < -0.4 is 10.6 Å². The van der Waals surface area contributed by atoms with Crippen molar-refractivity contribution in [3.63, 3.8) is 0 Å². The van der Waals surface area contributed by atoms with Gasteiger partial charge in [-0.2, -0.15) is 0 Å². The largest absolute Gasteiger partial charge is 0.465 e. The maximum absolute atomic E-state index is 11.3. The molecule has 1 aliphatic rings. The minimum absolute atomic E-state index is 0.0664. The summed E-state index contributed by atoms with van der Waals surface area (Å²) in [6.07, 6.45) is 6.24. The van der Waals surface area contributed by atoms with E-state index in [0.29, 0.717) is 13.2 Å². The quantitative estimate of drug-likeness (QED) is 0.692. The van der Waals surface area contributed by atoms with Crippen LogP contribution in [0.15, 0.2) is 0 Å². The molecule has 1 saturated carbocycles. The maximum Gasteiger partial charge on any atom is 0.325 e. The molecule has 0 aromatic carbocycles. The van der Waals surface area contributed by atoms with Crippen LogP contribution in [0.4, 0.5) is 4.79 Å². The van der Waals surface area contributed by atoms with Gasteiger partial charge in [-0.1, -0.05) is 25.7 Å². The van der Waals surface area contributed by atoms with Crippen molar-refractivity contribution in [2.75, 3.05) is 19.7 Å². The Morgan fingerprint density at radius 2 is 1.94 bits per heavy atom. The van der Waals surface area contributed by atoms with Crippen molar-refractivity contribution in [1.82, 2.24) is 10.6 Å². The van der Waals surface area contributed by atoms with Gasteiger partial charge in [-0.15, -0.1) is 0 Å². The molecule has 0 saturated heterocycles. The van der Waals surface area contributed by atoms with Crippen LogP contribution in [-0.4, -0.2) is 31.7 Å². The van der Waals surface area contributed by atoms with Crippen molar-refractivity contribution in [1.29, 1.82) is 0 Å². The van der Waals surface area contributed by atoms with Crippen LogP contribution in [-0.2, 0) is 9.53 Å². The summed E-state index contributed by atoms with van der Waals surface area (Å²) in [7, 11) is 0. The molecule has 98 valence electrons. The van der Waals surface area contributed by atoms with Gasteiger partial charge in [0.25, 0.3) is 0 Å². The number of nitrogens with one attached hydrogen (secondary N) is 2. The Bertz CT molecular complexity index is 250. The maximum atomic E-state index is 11.3. The Morgan fingerprint density at radius 1 is 1.24 bits per heavy atom. The van der Waals surface area contributed by atoms with Crippen LogP contribution in [0.1, 0.15) is 39.0 Å². The highest BCUT2D eigenvalue weighted by atomic mass is 16.5. The van der Waals surface area contributed by atoms with Crippen molar-refractivity contribution >= 4 is 12.0 Å². The standard InChI is InChI=1S/C12H22N2O3/c1-2-17-11(15)9-14-12(16)13-8-7-10-5-3-4-6-10/h10H,2-9H2,1H3,(H2,13,14,16). The first-order chi connectivity index (χ1) is 8.22. The van der Waals surface area contributed by atoms with Crippen LogP contribution in [0.3, 0.4) is 0 Å². The molecule has 5 heteroatoms. The van der Waals surface area contributed by atoms with Crippen molar-refractivity contribution in [3.8, 4) is 0 Å².